The van der Waals surface area contributed by atoms with Gasteiger partial charge in [-0.25, -0.2) is 0 Å². The zero-order chi connectivity index (χ0) is 9.68. The number of rotatable bonds is 4. The van der Waals surface area contributed by atoms with Crippen molar-refractivity contribution in [3.8, 4) is 0 Å². The van der Waals surface area contributed by atoms with E-state index in [2.05, 4.69) is 0 Å². The molecular weight excluding hydrogens is 172 g/mol. The lowest BCUT2D eigenvalue weighted by atomic mass is 10.3. The van der Waals surface area contributed by atoms with E-state index in [9.17, 15) is 4.79 Å². The minimum atomic E-state index is -0.392. The summed E-state index contributed by atoms with van der Waals surface area (Å²) in [6.07, 6.45) is 0.619. The summed E-state index contributed by atoms with van der Waals surface area (Å²) in [5.41, 5.74) is 0. The highest BCUT2D eigenvalue weighted by Gasteiger charge is 2.21. The molecule has 0 bridgehead atoms. The molecule has 1 aliphatic heterocycles. The van der Waals surface area contributed by atoms with Crippen LogP contribution >= 0.6 is 0 Å². The molecule has 0 aromatic rings. The predicted molar refractivity (Wildman–Crippen MR) is 46.2 cm³/mol. The van der Waals surface area contributed by atoms with Crippen molar-refractivity contribution in [2.45, 2.75) is 39.1 Å². The monoisotopic (exact) mass is 188 g/mol. The van der Waals surface area contributed by atoms with Crippen molar-refractivity contribution in [1.82, 2.24) is 0 Å². The smallest absolute Gasteiger partial charge is 0.311 e. The van der Waals surface area contributed by atoms with Gasteiger partial charge in [-0.05, 0) is 13.3 Å². The lowest BCUT2D eigenvalue weighted by Crippen LogP contribution is -2.20. The van der Waals surface area contributed by atoms with Crippen molar-refractivity contribution in [1.29, 1.82) is 0 Å². The van der Waals surface area contributed by atoms with Crippen LogP contribution in [0.3, 0.4) is 0 Å². The SMILES string of the molecule is CCC(C)OC(=O)CC1OCCO1. The molecule has 1 aliphatic rings. The molecule has 13 heavy (non-hydrogen) atoms. The molecule has 1 heterocycles. The van der Waals surface area contributed by atoms with Gasteiger partial charge in [0.25, 0.3) is 0 Å². The molecule has 1 atom stereocenters. The Labute approximate surface area is 78.2 Å². The molecule has 1 unspecified atom stereocenters. The van der Waals surface area contributed by atoms with Gasteiger partial charge in [0.15, 0.2) is 6.29 Å². The summed E-state index contributed by atoms with van der Waals surface area (Å²) in [5, 5.41) is 0. The summed E-state index contributed by atoms with van der Waals surface area (Å²) in [6.45, 7) is 4.98. The van der Waals surface area contributed by atoms with Crippen LogP contribution in [0.5, 0.6) is 0 Å². The topological polar surface area (TPSA) is 44.8 Å². The number of ether oxygens (including phenoxy) is 3. The molecule has 4 heteroatoms. The van der Waals surface area contributed by atoms with E-state index in [0.717, 1.165) is 6.42 Å². The zero-order valence-electron chi connectivity index (χ0n) is 8.12. The van der Waals surface area contributed by atoms with Gasteiger partial charge in [0, 0.05) is 0 Å². The molecule has 1 fully saturated rings. The Bertz CT molecular complexity index is 163. The second-order valence-corrected chi connectivity index (χ2v) is 3.08. The van der Waals surface area contributed by atoms with Crippen molar-refractivity contribution >= 4 is 5.97 Å². The Morgan fingerprint density at radius 2 is 2.15 bits per heavy atom. The summed E-state index contributed by atoms with van der Waals surface area (Å²) >= 11 is 0. The average molecular weight is 188 g/mol. The minimum absolute atomic E-state index is 0.0195. The van der Waals surface area contributed by atoms with E-state index >= 15 is 0 Å². The molecule has 1 rings (SSSR count). The van der Waals surface area contributed by atoms with Gasteiger partial charge in [0.1, 0.15) is 0 Å². The van der Waals surface area contributed by atoms with Crippen molar-refractivity contribution in [3.63, 3.8) is 0 Å². The summed E-state index contributed by atoms with van der Waals surface area (Å²) in [5.74, 6) is -0.249. The van der Waals surface area contributed by atoms with Crippen LogP contribution in [0.15, 0.2) is 0 Å². The van der Waals surface area contributed by atoms with E-state index in [1.165, 1.54) is 0 Å². The van der Waals surface area contributed by atoms with Crippen LogP contribution in [0.2, 0.25) is 0 Å². The molecule has 0 spiro atoms. The molecule has 0 radical (unpaired) electrons. The molecule has 76 valence electrons. The lowest BCUT2D eigenvalue weighted by molar-refractivity contribution is -0.156. The van der Waals surface area contributed by atoms with Crippen molar-refractivity contribution in [3.05, 3.63) is 0 Å². The summed E-state index contributed by atoms with van der Waals surface area (Å²) in [6, 6.07) is 0. The van der Waals surface area contributed by atoms with Crippen LogP contribution in [0, 0.1) is 0 Å². The van der Waals surface area contributed by atoms with Crippen LogP contribution in [-0.4, -0.2) is 31.6 Å². The Morgan fingerprint density at radius 1 is 1.54 bits per heavy atom. The first-order chi connectivity index (χ1) is 6.22. The molecule has 0 saturated carbocycles. The molecule has 0 amide bonds. The van der Waals surface area contributed by atoms with E-state index in [-0.39, 0.29) is 18.5 Å². The highest BCUT2D eigenvalue weighted by molar-refractivity contribution is 5.69. The zero-order valence-corrected chi connectivity index (χ0v) is 8.12. The van der Waals surface area contributed by atoms with Crippen LogP contribution in [-0.2, 0) is 19.0 Å². The van der Waals surface area contributed by atoms with Crippen LogP contribution in [0.1, 0.15) is 26.7 Å². The summed E-state index contributed by atoms with van der Waals surface area (Å²) in [7, 11) is 0. The van der Waals surface area contributed by atoms with Crippen LogP contribution < -0.4 is 0 Å². The van der Waals surface area contributed by atoms with E-state index in [1.54, 1.807) is 0 Å². The second kappa shape index (κ2) is 5.19. The highest BCUT2D eigenvalue weighted by atomic mass is 16.7. The first kappa shape index (κ1) is 10.5. The largest absolute Gasteiger partial charge is 0.463 e. The summed E-state index contributed by atoms with van der Waals surface area (Å²) in [4.78, 5) is 11.2. The second-order valence-electron chi connectivity index (χ2n) is 3.08. The first-order valence-electron chi connectivity index (χ1n) is 4.65. The molecule has 4 nitrogen and oxygen atoms in total. The van der Waals surface area contributed by atoms with Gasteiger partial charge in [-0.3, -0.25) is 4.79 Å². The predicted octanol–water partition coefficient (Wildman–Crippen LogP) is 1.09. The van der Waals surface area contributed by atoms with Crippen molar-refractivity contribution in [2.24, 2.45) is 0 Å². The molecule has 0 aromatic heterocycles. The number of hydrogen-bond donors (Lipinski definition) is 0. The van der Waals surface area contributed by atoms with Gasteiger partial charge in [0.2, 0.25) is 0 Å². The van der Waals surface area contributed by atoms with E-state index in [1.807, 2.05) is 13.8 Å². The summed E-state index contributed by atoms with van der Waals surface area (Å²) < 4.78 is 15.3. The Kier molecular flexibility index (Phi) is 4.18. The molecule has 0 aliphatic carbocycles. The van der Waals surface area contributed by atoms with Crippen molar-refractivity contribution in [2.75, 3.05) is 13.2 Å². The maximum Gasteiger partial charge on any atom is 0.311 e. The maximum atomic E-state index is 11.2. The average Bonchev–Trinajstić information content (AvgIpc) is 2.56. The number of esters is 1. The number of hydrogen-bond acceptors (Lipinski definition) is 4. The standard InChI is InChI=1S/C9H16O4/c1-3-7(2)13-8(10)6-9-11-4-5-12-9/h7,9H,3-6H2,1-2H3. The van der Waals surface area contributed by atoms with Gasteiger partial charge >= 0.3 is 5.97 Å². The van der Waals surface area contributed by atoms with Gasteiger partial charge in [-0.1, -0.05) is 6.92 Å². The third-order valence-electron chi connectivity index (χ3n) is 1.93. The first-order valence-corrected chi connectivity index (χ1v) is 4.65. The highest BCUT2D eigenvalue weighted by Crippen LogP contribution is 2.09. The third-order valence-corrected chi connectivity index (χ3v) is 1.93. The molecule has 0 N–H and O–H groups in total. The van der Waals surface area contributed by atoms with Gasteiger partial charge in [-0.15, -0.1) is 0 Å². The van der Waals surface area contributed by atoms with E-state index < -0.39 is 6.29 Å². The van der Waals surface area contributed by atoms with Gasteiger partial charge in [0.05, 0.1) is 25.7 Å². The fourth-order valence-corrected chi connectivity index (χ4v) is 1.02. The Morgan fingerprint density at radius 3 is 2.69 bits per heavy atom. The Hall–Kier alpha value is -0.610. The molecule has 1 saturated heterocycles. The fraction of sp³-hybridized carbons (Fsp3) is 0.889. The quantitative estimate of drug-likeness (QED) is 0.619. The van der Waals surface area contributed by atoms with Gasteiger partial charge < -0.3 is 14.2 Å². The number of carbonyl (C=O) groups is 1. The van der Waals surface area contributed by atoms with Gasteiger partial charge in [-0.2, -0.15) is 0 Å². The maximum absolute atomic E-state index is 11.2. The fourth-order valence-electron chi connectivity index (χ4n) is 1.02. The van der Waals surface area contributed by atoms with E-state index in [0.29, 0.717) is 13.2 Å². The normalized spacial score (nSPS) is 20.2. The van der Waals surface area contributed by atoms with Crippen LogP contribution in [0.4, 0.5) is 0 Å². The van der Waals surface area contributed by atoms with Crippen LogP contribution in [0.25, 0.3) is 0 Å². The molecule has 0 aromatic carbocycles. The number of carbonyl (C=O) groups excluding carboxylic acids is 1. The third kappa shape index (κ3) is 3.74. The Balaban J connectivity index is 2.16. The molecular formula is C9H16O4. The van der Waals surface area contributed by atoms with E-state index in [4.69, 9.17) is 14.2 Å². The lowest BCUT2D eigenvalue weighted by Gasteiger charge is -2.12. The minimum Gasteiger partial charge on any atom is -0.463 e. The van der Waals surface area contributed by atoms with Crippen molar-refractivity contribution < 1.29 is 19.0 Å².